The number of likely N-dealkylation sites (tertiary alicyclic amines) is 1. The Morgan fingerprint density at radius 1 is 1.08 bits per heavy atom. The minimum atomic E-state index is 0. The van der Waals surface area contributed by atoms with Gasteiger partial charge in [-0.25, -0.2) is 0 Å². The second-order valence-corrected chi connectivity index (χ2v) is 7.67. The fraction of sp³-hybridized carbons (Fsp3) is 0.650. The molecule has 3 rings (SSSR count). The lowest BCUT2D eigenvalue weighted by atomic mass is 9.92. The van der Waals surface area contributed by atoms with Crippen LogP contribution in [0.2, 0.25) is 5.02 Å². The highest BCUT2D eigenvalue weighted by Crippen LogP contribution is 2.32. The molecule has 1 N–H and O–H groups in total. The second-order valence-electron chi connectivity index (χ2n) is 7.24. The van der Waals surface area contributed by atoms with Gasteiger partial charge in [-0.05, 0) is 68.8 Å². The molecule has 1 aromatic carbocycles. The minimum absolute atomic E-state index is 0. The Bertz CT molecular complexity index is 529. The molecular weight excluding hydrogens is 355 g/mol. The maximum atomic E-state index is 12.9. The van der Waals surface area contributed by atoms with Crippen LogP contribution >= 0.6 is 24.0 Å². The molecule has 25 heavy (non-hydrogen) atoms. The van der Waals surface area contributed by atoms with E-state index in [1.165, 1.54) is 31.2 Å². The zero-order chi connectivity index (χ0) is 16.8. The van der Waals surface area contributed by atoms with Gasteiger partial charge in [-0.1, -0.05) is 36.6 Å². The Labute approximate surface area is 162 Å². The molecule has 1 unspecified atom stereocenters. The Balaban J connectivity index is 0.00000225. The number of piperidine rings is 1. The lowest BCUT2D eigenvalue weighted by molar-refractivity contribution is -0.134. The third-order valence-electron chi connectivity index (χ3n) is 5.55. The number of halogens is 2. The van der Waals surface area contributed by atoms with Crippen LogP contribution in [0.4, 0.5) is 0 Å². The summed E-state index contributed by atoms with van der Waals surface area (Å²) >= 11 is 6.03. The summed E-state index contributed by atoms with van der Waals surface area (Å²) < 4.78 is 0. The standard InChI is InChI=1S/C20H29ClN2O.ClH/c21-18-8-6-17(7-9-18)19-4-2-1-3-15-23(19)20(24)10-5-16-11-13-22-14-12-16;/h6-9,16,19,22H,1-5,10-15H2;1H. The summed E-state index contributed by atoms with van der Waals surface area (Å²) in [6.07, 6.45) is 8.80. The molecule has 0 radical (unpaired) electrons. The van der Waals surface area contributed by atoms with Gasteiger partial charge in [-0.2, -0.15) is 0 Å². The first-order valence-corrected chi connectivity index (χ1v) is 9.87. The average Bonchev–Trinajstić information content (AvgIpc) is 2.87. The molecule has 0 aromatic heterocycles. The molecule has 0 aliphatic carbocycles. The van der Waals surface area contributed by atoms with Crippen LogP contribution < -0.4 is 5.32 Å². The molecule has 2 fully saturated rings. The van der Waals surface area contributed by atoms with Gasteiger partial charge < -0.3 is 10.2 Å². The van der Waals surface area contributed by atoms with E-state index in [0.717, 1.165) is 49.8 Å². The highest BCUT2D eigenvalue weighted by atomic mass is 35.5. The van der Waals surface area contributed by atoms with E-state index in [1.54, 1.807) is 0 Å². The van der Waals surface area contributed by atoms with Crippen molar-refractivity contribution in [2.75, 3.05) is 19.6 Å². The molecule has 5 heteroatoms. The summed E-state index contributed by atoms with van der Waals surface area (Å²) in [6, 6.07) is 8.29. The van der Waals surface area contributed by atoms with Crippen molar-refractivity contribution in [1.82, 2.24) is 10.2 Å². The third-order valence-corrected chi connectivity index (χ3v) is 5.81. The van der Waals surface area contributed by atoms with Crippen LogP contribution in [-0.2, 0) is 4.79 Å². The zero-order valence-electron chi connectivity index (χ0n) is 14.9. The van der Waals surface area contributed by atoms with Crippen molar-refractivity contribution in [1.29, 1.82) is 0 Å². The molecule has 140 valence electrons. The number of carbonyl (C=O) groups is 1. The fourth-order valence-corrected chi connectivity index (χ4v) is 4.21. The van der Waals surface area contributed by atoms with Crippen LogP contribution in [0.15, 0.2) is 24.3 Å². The van der Waals surface area contributed by atoms with E-state index in [1.807, 2.05) is 12.1 Å². The van der Waals surface area contributed by atoms with E-state index in [2.05, 4.69) is 22.3 Å². The first kappa shape index (κ1) is 20.5. The molecule has 2 aliphatic rings. The number of nitrogens with one attached hydrogen (secondary N) is 1. The summed E-state index contributed by atoms with van der Waals surface area (Å²) in [5.74, 6) is 1.06. The van der Waals surface area contributed by atoms with E-state index < -0.39 is 0 Å². The predicted molar refractivity (Wildman–Crippen MR) is 106 cm³/mol. The van der Waals surface area contributed by atoms with Crippen molar-refractivity contribution in [3.8, 4) is 0 Å². The molecule has 1 atom stereocenters. The molecular formula is C20H30Cl2N2O. The molecule has 2 saturated heterocycles. The van der Waals surface area contributed by atoms with Gasteiger partial charge in [-0.3, -0.25) is 4.79 Å². The number of rotatable bonds is 4. The van der Waals surface area contributed by atoms with E-state index in [4.69, 9.17) is 11.6 Å². The van der Waals surface area contributed by atoms with Crippen LogP contribution in [-0.4, -0.2) is 30.4 Å². The van der Waals surface area contributed by atoms with Crippen molar-refractivity contribution in [2.24, 2.45) is 5.92 Å². The molecule has 0 bridgehead atoms. The first-order chi connectivity index (χ1) is 11.7. The van der Waals surface area contributed by atoms with E-state index >= 15 is 0 Å². The lowest BCUT2D eigenvalue weighted by Crippen LogP contribution is -2.35. The summed E-state index contributed by atoms with van der Waals surface area (Å²) in [4.78, 5) is 15.1. The van der Waals surface area contributed by atoms with Gasteiger partial charge in [0.1, 0.15) is 0 Å². The van der Waals surface area contributed by atoms with Crippen molar-refractivity contribution in [3.63, 3.8) is 0 Å². The Hall–Kier alpha value is -0.770. The summed E-state index contributed by atoms with van der Waals surface area (Å²) in [5, 5.41) is 4.16. The van der Waals surface area contributed by atoms with Crippen LogP contribution in [0.25, 0.3) is 0 Å². The quantitative estimate of drug-likeness (QED) is 0.792. The third kappa shape index (κ3) is 5.87. The van der Waals surface area contributed by atoms with Gasteiger partial charge >= 0.3 is 0 Å². The summed E-state index contributed by atoms with van der Waals surface area (Å²) in [5.41, 5.74) is 1.23. The van der Waals surface area contributed by atoms with Crippen molar-refractivity contribution in [3.05, 3.63) is 34.9 Å². The molecule has 1 aromatic rings. The largest absolute Gasteiger partial charge is 0.336 e. The predicted octanol–water partition coefficient (Wildman–Crippen LogP) is 4.99. The number of benzene rings is 1. The fourth-order valence-electron chi connectivity index (χ4n) is 4.08. The maximum Gasteiger partial charge on any atom is 0.223 e. The molecule has 2 aliphatic heterocycles. The zero-order valence-corrected chi connectivity index (χ0v) is 16.5. The van der Waals surface area contributed by atoms with Gasteiger partial charge in [0, 0.05) is 18.0 Å². The topological polar surface area (TPSA) is 32.3 Å². The van der Waals surface area contributed by atoms with Crippen molar-refractivity contribution >= 4 is 29.9 Å². The SMILES string of the molecule is Cl.O=C(CCC1CCNCC1)N1CCCCCC1c1ccc(Cl)cc1. The Morgan fingerprint density at radius 3 is 2.52 bits per heavy atom. The number of hydrogen-bond donors (Lipinski definition) is 1. The number of nitrogens with zero attached hydrogens (tertiary/aromatic N) is 1. The van der Waals surface area contributed by atoms with Crippen LogP contribution in [0, 0.1) is 5.92 Å². The van der Waals surface area contributed by atoms with Gasteiger partial charge in [0.15, 0.2) is 0 Å². The first-order valence-electron chi connectivity index (χ1n) is 9.49. The normalized spacial score (nSPS) is 22.1. The van der Waals surface area contributed by atoms with Crippen LogP contribution in [0.5, 0.6) is 0 Å². The Morgan fingerprint density at radius 2 is 1.80 bits per heavy atom. The minimum Gasteiger partial charge on any atom is -0.336 e. The van der Waals surface area contributed by atoms with Gasteiger partial charge in [-0.15, -0.1) is 12.4 Å². The van der Waals surface area contributed by atoms with Crippen LogP contribution in [0.3, 0.4) is 0 Å². The molecule has 3 nitrogen and oxygen atoms in total. The molecule has 0 spiro atoms. The van der Waals surface area contributed by atoms with E-state index in [-0.39, 0.29) is 18.4 Å². The summed E-state index contributed by atoms with van der Waals surface area (Å²) in [7, 11) is 0. The second kappa shape index (κ2) is 10.4. The molecule has 0 saturated carbocycles. The van der Waals surface area contributed by atoms with Gasteiger partial charge in [0.2, 0.25) is 5.91 Å². The van der Waals surface area contributed by atoms with Gasteiger partial charge in [0.25, 0.3) is 0 Å². The monoisotopic (exact) mass is 384 g/mol. The van der Waals surface area contributed by atoms with Gasteiger partial charge in [0.05, 0.1) is 6.04 Å². The van der Waals surface area contributed by atoms with Crippen molar-refractivity contribution < 1.29 is 4.79 Å². The average molecular weight is 385 g/mol. The molecule has 1 amide bonds. The van der Waals surface area contributed by atoms with E-state index in [0.29, 0.717) is 12.3 Å². The number of amides is 1. The van der Waals surface area contributed by atoms with Crippen molar-refractivity contribution in [2.45, 2.75) is 57.4 Å². The highest BCUT2D eigenvalue weighted by Gasteiger charge is 2.27. The van der Waals surface area contributed by atoms with E-state index in [9.17, 15) is 4.79 Å². The Kier molecular flexibility index (Phi) is 8.54. The lowest BCUT2D eigenvalue weighted by Gasteiger charge is -2.31. The summed E-state index contributed by atoms with van der Waals surface area (Å²) in [6.45, 7) is 3.12. The smallest absolute Gasteiger partial charge is 0.223 e. The maximum absolute atomic E-state index is 12.9. The number of hydrogen-bond acceptors (Lipinski definition) is 2. The molecule has 2 heterocycles. The highest BCUT2D eigenvalue weighted by molar-refractivity contribution is 6.30. The van der Waals surface area contributed by atoms with Crippen LogP contribution in [0.1, 0.15) is 63.0 Å². The number of carbonyl (C=O) groups excluding carboxylic acids is 1.